The Labute approximate surface area is 130 Å². The van der Waals surface area contributed by atoms with E-state index in [1.807, 2.05) is 68.6 Å². The lowest BCUT2D eigenvalue weighted by Crippen LogP contribution is -2.32. The Hall–Kier alpha value is -1.94. The molecular formula is C17H20N2OS. The Morgan fingerprint density at radius 3 is 2.43 bits per heavy atom. The van der Waals surface area contributed by atoms with Crippen LogP contribution >= 0.6 is 11.8 Å². The molecule has 2 rings (SSSR count). The molecule has 2 aromatic carbocycles. The average Bonchev–Trinajstić information content (AvgIpc) is 2.50. The lowest BCUT2D eigenvalue weighted by molar-refractivity contribution is -0.116. The van der Waals surface area contributed by atoms with Gasteiger partial charge in [0.1, 0.15) is 6.04 Å². The van der Waals surface area contributed by atoms with E-state index in [4.69, 9.17) is 0 Å². The third-order valence-electron chi connectivity index (χ3n) is 3.19. The molecule has 21 heavy (non-hydrogen) atoms. The van der Waals surface area contributed by atoms with Crippen LogP contribution in [0.15, 0.2) is 53.4 Å². The maximum Gasteiger partial charge on any atom is 0.246 e. The maximum atomic E-state index is 12.2. The summed E-state index contributed by atoms with van der Waals surface area (Å²) in [6.07, 6.45) is 2.03. The molecule has 0 aliphatic carbocycles. The molecule has 2 N–H and O–H groups in total. The molecule has 3 nitrogen and oxygen atoms in total. The van der Waals surface area contributed by atoms with Crippen molar-refractivity contribution in [1.82, 2.24) is 0 Å². The highest BCUT2D eigenvalue weighted by Gasteiger charge is 2.14. The molecule has 1 unspecified atom stereocenters. The monoisotopic (exact) mass is 300 g/mol. The van der Waals surface area contributed by atoms with Crippen molar-refractivity contribution in [2.75, 3.05) is 16.9 Å². The molecule has 0 heterocycles. The number of para-hydroxylation sites is 1. The summed E-state index contributed by atoms with van der Waals surface area (Å²) >= 11 is 1.66. The van der Waals surface area contributed by atoms with Crippen LogP contribution in [-0.2, 0) is 4.79 Å². The summed E-state index contributed by atoms with van der Waals surface area (Å²) in [5.41, 5.74) is 2.97. The van der Waals surface area contributed by atoms with Gasteiger partial charge in [0.05, 0.1) is 0 Å². The lowest BCUT2D eigenvalue weighted by Gasteiger charge is -2.17. The van der Waals surface area contributed by atoms with Gasteiger partial charge < -0.3 is 10.6 Å². The standard InChI is InChI=1S/C17H20N2OS/c1-12-8-10-14(11-9-12)19-17(20)13(2)18-15-6-4-5-7-16(15)21-3/h4-11,13,18H,1-3H3,(H,19,20). The van der Waals surface area contributed by atoms with Crippen LogP contribution in [0, 0.1) is 6.92 Å². The van der Waals surface area contributed by atoms with Gasteiger partial charge in [0.25, 0.3) is 0 Å². The molecule has 0 saturated heterocycles. The SMILES string of the molecule is CSc1ccccc1NC(C)C(=O)Nc1ccc(C)cc1. The topological polar surface area (TPSA) is 41.1 Å². The predicted octanol–water partition coefficient (Wildman–Crippen LogP) is 4.16. The normalized spacial score (nSPS) is 11.8. The molecular weight excluding hydrogens is 280 g/mol. The zero-order chi connectivity index (χ0) is 15.2. The minimum atomic E-state index is -0.306. The minimum absolute atomic E-state index is 0.0465. The summed E-state index contributed by atoms with van der Waals surface area (Å²) < 4.78 is 0. The number of benzene rings is 2. The van der Waals surface area contributed by atoms with Gasteiger partial charge in [-0.1, -0.05) is 29.8 Å². The van der Waals surface area contributed by atoms with E-state index in [-0.39, 0.29) is 11.9 Å². The van der Waals surface area contributed by atoms with Crippen LogP contribution in [-0.4, -0.2) is 18.2 Å². The first-order chi connectivity index (χ1) is 10.1. The zero-order valence-corrected chi connectivity index (χ0v) is 13.3. The third kappa shape index (κ3) is 4.26. The van der Waals surface area contributed by atoms with Crippen molar-refractivity contribution in [2.45, 2.75) is 24.8 Å². The Kier molecular flexibility index (Phi) is 5.28. The van der Waals surface area contributed by atoms with Gasteiger partial charge in [0, 0.05) is 16.3 Å². The molecule has 0 radical (unpaired) electrons. The van der Waals surface area contributed by atoms with Gasteiger partial charge in [0.2, 0.25) is 5.91 Å². The number of thioether (sulfide) groups is 1. The number of hydrogen-bond acceptors (Lipinski definition) is 3. The molecule has 0 fully saturated rings. The van der Waals surface area contributed by atoms with Crippen molar-refractivity contribution in [3.63, 3.8) is 0 Å². The minimum Gasteiger partial charge on any atom is -0.373 e. The van der Waals surface area contributed by atoms with Crippen molar-refractivity contribution >= 4 is 29.0 Å². The summed E-state index contributed by atoms with van der Waals surface area (Å²) in [5, 5.41) is 6.18. The molecule has 1 atom stereocenters. The fourth-order valence-corrected chi connectivity index (χ4v) is 2.51. The maximum absolute atomic E-state index is 12.2. The average molecular weight is 300 g/mol. The first-order valence-corrected chi connectivity index (χ1v) is 8.09. The largest absolute Gasteiger partial charge is 0.373 e. The van der Waals surface area contributed by atoms with Crippen LogP contribution in [0.2, 0.25) is 0 Å². The van der Waals surface area contributed by atoms with Gasteiger partial charge in [-0.3, -0.25) is 4.79 Å². The van der Waals surface area contributed by atoms with Crippen molar-refractivity contribution in [3.8, 4) is 0 Å². The molecule has 1 amide bonds. The highest BCUT2D eigenvalue weighted by atomic mass is 32.2. The van der Waals surface area contributed by atoms with Gasteiger partial charge in [-0.2, -0.15) is 0 Å². The fraction of sp³-hybridized carbons (Fsp3) is 0.235. The van der Waals surface area contributed by atoms with E-state index in [0.29, 0.717) is 0 Å². The smallest absolute Gasteiger partial charge is 0.246 e. The predicted molar refractivity (Wildman–Crippen MR) is 91.1 cm³/mol. The molecule has 0 aromatic heterocycles. The van der Waals surface area contributed by atoms with E-state index < -0.39 is 0 Å². The number of carbonyl (C=O) groups excluding carboxylic acids is 1. The van der Waals surface area contributed by atoms with Crippen molar-refractivity contribution in [3.05, 3.63) is 54.1 Å². The Morgan fingerprint density at radius 1 is 1.10 bits per heavy atom. The Bertz CT molecular complexity index is 610. The van der Waals surface area contributed by atoms with Crippen LogP contribution in [0.5, 0.6) is 0 Å². The quantitative estimate of drug-likeness (QED) is 0.815. The van der Waals surface area contributed by atoms with Crippen LogP contribution in [0.3, 0.4) is 0 Å². The number of carbonyl (C=O) groups is 1. The van der Waals surface area contributed by atoms with Gasteiger partial charge in [-0.25, -0.2) is 0 Å². The van der Waals surface area contributed by atoms with Crippen molar-refractivity contribution < 1.29 is 4.79 Å². The second-order valence-electron chi connectivity index (χ2n) is 4.92. The van der Waals surface area contributed by atoms with Gasteiger partial charge in [-0.05, 0) is 44.4 Å². The summed E-state index contributed by atoms with van der Waals surface area (Å²) in [5.74, 6) is -0.0465. The van der Waals surface area contributed by atoms with Crippen LogP contribution in [0.25, 0.3) is 0 Å². The number of hydrogen-bond donors (Lipinski definition) is 2. The van der Waals surface area contributed by atoms with Crippen molar-refractivity contribution in [2.24, 2.45) is 0 Å². The summed E-state index contributed by atoms with van der Waals surface area (Å²) in [6.45, 7) is 3.88. The van der Waals surface area contributed by atoms with Gasteiger partial charge in [-0.15, -0.1) is 11.8 Å². The lowest BCUT2D eigenvalue weighted by atomic mass is 10.2. The van der Waals surface area contributed by atoms with E-state index in [1.54, 1.807) is 11.8 Å². The first kappa shape index (κ1) is 15.4. The van der Waals surface area contributed by atoms with Crippen LogP contribution in [0.1, 0.15) is 12.5 Å². The molecule has 4 heteroatoms. The van der Waals surface area contributed by atoms with Crippen molar-refractivity contribution in [1.29, 1.82) is 0 Å². The van der Waals surface area contributed by atoms with Gasteiger partial charge >= 0.3 is 0 Å². The fourth-order valence-electron chi connectivity index (χ4n) is 1.95. The summed E-state index contributed by atoms with van der Waals surface area (Å²) in [7, 11) is 0. The number of nitrogens with one attached hydrogen (secondary N) is 2. The summed E-state index contributed by atoms with van der Waals surface area (Å²) in [6, 6.07) is 15.5. The Balaban J connectivity index is 2.01. The molecule has 0 aliphatic heterocycles. The molecule has 110 valence electrons. The molecule has 0 spiro atoms. The van der Waals surface area contributed by atoms with E-state index in [2.05, 4.69) is 10.6 Å². The first-order valence-electron chi connectivity index (χ1n) is 6.87. The molecule has 0 saturated carbocycles. The molecule has 0 bridgehead atoms. The summed E-state index contributed by atoms with van der Waals surface area (Å²) in [4.78, 5) is 13.4. The van der Waals surface area contributed by atoms with E-state index >= 15 is 0 Å². The van der Waals surface area contributed by atoms with Gasteiger partial charge in [0.15, 0.2) is 0 Å². The van der Waals surface area contributed by atoms with E-state index in [0.717, 1.165) is 16.3 Å². The van der Waals surface area contributed by atoms with Crippen LogP contribution in [0.4, 0.5) is 11.4 Å². The van der Waals surface area contributed by atoms with E-state index in [9.17, 15) is 4.79 Å². The number of aryl methyl sites for hydroxylation is 1. The second kappa shape index (κ2) is 7.18. The zero-order valence-electron chi connectivity index (χ0n) is 12.5. The van der Waals surface area contributed by atoms with Crippen LogP contribution < -0.4 is 10.6 Å². The number of anilines is 2. The van der Waals surface area contributed by atoms with E-state index in [1.165, 1.54) is 5.56 Å². The highest BCUT2D eigenvalue weighted by Crippen LogP contribution is 2.25. The number of rotatable bonds is 5. The highest BCUT2D eigenvalue weighted by molar-refractivity contribution is 7.98. The number of amides is 1. The third-order valence-corrected chi connectivity index (χ3v) is 3.99. The Morgan fingerprint density at radius 2 is 1.76 bits per heavy atom. The second-order valence-corrected chi connectivity index (χ2v) is 5.77. The molecule has 2 aromatic rings. The molecule has 0 aliphatic rings.